The van der Waals surface area contributed by atoms with Gasteiger partial charge >= 0.3 is 11.4 Å². The normalized spacial score (nSPS) is 14.8. The summed E-state index contributed by atoms with van der Waals surface area (Å²) in [6.45, 7) is 27.6. The van der Waals surface area contributed by atoms with Crippen molar-refractivity contribution >= 4 is 12.4 Å². The highest BCUT2D eigenvalue weighted by molar-refractivity contribution is 5.85. The molecular weight excluding hydrogens is 968 g/mol. The maximum atomic E-state index is 12.7. The first-order chi connectivity index (χ1) is 36.1. The Balaban J connectivity index is 0.000000264. The van der Waals surface area contributed by atoms with E-state index in [4.69, 9.17) is 1.37 Å². The average Bonchev–Trinajstić information content (AvgIpc) is 3.97. The number of rotatable bonds is 20. The number of aromatic nitrogens is 6. The molecule has 0 radical (unpaired) electrons. The monoisotopic (exact) mass is 1050 g/mol. The second-order valence-corrected chi connectivity index (χ2v) is 20.2. The standard InChI is InChI=1S/2C28H39N5O3.C2H6.ClH/c2*1-4-5-6-7-12-31-13-15-32(16-14-31)19-21-8-10-22(11-9-21)33-27(29-30-28(33)36)24-17-23(20(2)3)25(34)18-26(24)35;1-2;/h2*8-11,17-18,20,34-35H,4-7,12-16,19H2,1-3H3,(H,30,36);1-2H3;1H/i;;1D;. The van der Waals surface area contributed by atoms with Crippen LogP contribution in [0.2, 0.25) is 0 Å². The predicted molar refractivity (Wildman–Crippen MR) is 304 cm³/mol. The number of aromatic amines is 2. The lowest BCUT2D eigenvalue weighted by Crippen LogP contribution is -2.46. The van der Waals surface area contributed by atoms with Crippen LogP contribution in [0.1, 0.15) is 142 Å². The number of H-pyrrole nitrogens is 2. The minimum atomic E-state index is -0.383. The average molecular weight is 1050 g/mol. The zero-order valence-electron chi connectivity index (χ0n) is 46.5. The number of nitrogens with zero attached hydrogens (tertiary/aromatic N) is 8. The van der Waals surface area contributed by atoms with E-state index < -0.39 is 0 Å². The molecule has 6 N–H and O–H groups in total. The Hall–Kier alpha value is -5.91. The molecule has 0 bridgehead atoms. The van der Waals surface area contributed by atoms with Crippen LogP contribution < -0.4 is 11.4 Å². The molecular formula is C58H85ClN10O6. The van der Waals surface area contributed by atoms with E-state index in [1.807, 2.05) is 76.2 Å². The third kappa shape index (κ3) is 16.1. The Bertz CT molecular complexity index is 2610. The van der Waals surface area contributed by atoms with E-state index in [1.165, 1.54) is 96.8 Å². The SMILES string of the molecule is CCCCCCN1CCN(Cc2ccc(-n3c(-c4cc(C(C)C)c(O)cc4O)n[nH]c3=O)cc2)CC1.CCCCCCN1CCN(Cc2ccc(-n3c(-c4cc(C(C)C)c(O)cc4O)n[nH]c3=O)cc2)CC1.Cl.[2H]CC. The molecule has 6 aromatic rings. The lowest BCUT2D eigenvalue weighted by atomic mass is 9.98. The van der Waals surface area contributed by atoms with E-state index >= 15 is 0 Å². The summed E-state index contributed by atoms with van der Waals surface area (Å²) in [6.07, 6.45) is 10.5. The third-order valence-electron chi connectivity index (χ3n) is 14.1. The van der Waals surface area contributed by atoms with Crippen LogP contribution >= 0.6 is 12.4 Å². The zero-order valence-corrected chi connectivity index (χ0v) is 46.3. The van der Waals surface area contributed by atoms with Gasteiger partial charge in [-0.1, -0.05) is 118 Å². The van der Waals surface area contributed by atoms with Crippen LogP contribution in [-0.2, 0) is 13.1 Å². The van der Waals surface area contributed by atoms with Crippen molar-refractivity contribution in [2.75, 3.05) is 65.4 Å². The molecule has 0 unspecified atom stereocenters. The molecule has 0 amide bonds. The lowest BCUT2D eigenvalue weighted by Gasteiger charge is -2.34. The van der Waals surface area contributed by atoms with Gasteiger partial charge in [-0.15, -0.1) is 12.4 Å². The molecule has 2 fully saturated rings. The molecule has 0 aliphatic carbocycles. The molecule has 17 heteroatoms. The van der Waals surface area contributed by atoms with Crippen LogP contribution in [0.4, 0.5) is 0 Å². The number of phenolic OH excluding ortho intramolecular Hbond substituents is 4. The summed E-state index contributed by atoms with van der Waals surface area (Å²) in [5, 5.41) is 54.8. The first-order valence-electron chi connectivity index (χ1n) is 27.7. The van der Waals surface area contributed by atoms with Crippen LogP contribution in [0.3, 0.4) is 0 Å². The number of benzene rings is 4. The summed E-state index contributed by atoms with van der Waals surface area (Å²) in [5.74, 6) is 0.507. The Morgan fingerprint density at radius 3 is 1.17 bits per heavy atom. The zero-order chi connectivity index (χ0) is 54.0. The van der Waals surface area contributed by atoms with Crippen molar-refractivity contribution in [3.05, 3.63) is 116 Å². The summed E-state index contributed by atoms with van der Waals surface area (Å²) in [4.78, 5) is 35.4. The van der Waals surface area contributed by atoms with E-state index in [0.29, 0.717) is 52.2 Å². The maximum absolute atomic E-state index is 12.7. The van der Waals surface area contributed by atoms with Crippen LogP contribution in [-0.4, -0.2) is 135 Å². The number of hydrogen-bond acceptors (Lipinski definition) is 12. The molecule has 0 saturated carbocycles. The van der Waals surface area contributed by atoms with Gasteiger partial charge in [0.2, 0.25) is 0 Å². The summed E-state index contributed by atoms with van der Waals surface area (Å²) in [6, 6.07) is 21.9. The Morgan fingerprint density at radius 2 is 0.853 bits per heavy atom. The van der Waals surface area contributed by atoms with Gasteiger partial charge in [-0.05, 0) is 96.4 Å². The number of aromatic hydroxyl groups is 4. The fraction of sp³-hybridized carbons (Fsp3) is 0.517. The van der Waals surface area contributed by atoms with Crippen molar-refractivity contribution in [3.8, 4) is 57.1 Å². The van der Waals surface area contributed by atoms with Gasteiger partial charge in [0.15, 0.2) is 11.6 Å². The fourth-order valence-corrected chi connectivity index (χ4v) is 9.79. The topological polar surface area (TPSA) is 195 Å². The highest BCUT2D eigenvalue weighted by Crippen LogP contribution is 2.39. The molecule has 410 valence electrons. The Labute approximate surface area is 451 Å². The van der Waals surface area contributed by atoms with Gasteiger partial charge < -0.3 is 30.2 Å². The Kier molecular flexibility index (Phi) is 22.9. The van der Waals surface area contributed by atoms with Gasteiger partial charge in [-0.3, -0.25) is 9.80 Å². The molecule has 2 aliphatic heterocycles. The predicted octanol–water partition coefficient (Wildman–Crippen LogP) is 10.4. The van der Waals surface area contributed by atoms with Gasteiger partial charge in [0, 0.05) is 79.0 Å². The molecule has 75 heavy (non-hydrogen) atoms. The minimum Gasteiger partial charge on any atom is -0.508 e. The second-order valence-electron chi connectivity index (χ2n) is 20.2. The molecule has 0 spiro atoms. The van der Waals surface area contributed by atoms with Crippen LogP contribution in [0.15, 0.2) is 82.4 Å². The van der Waals surface area contributed by atoms with E-state index in [1.54, 1.807) is 19.1 Å². The number of nitrogens with one attached hydrogen (secondary N) is 2. The van der Waals surface area contributed by atoms with Crippen molar-refractivity contribution in [1.82, 2.24) is 49.1 Å². The summed E-state index contributed by atoms with van der Waals surface area (Å²) in [7, 11) is 0. The van der Waals surface area contributed by atoms with E-state index in [0.717, 1.165) is 65.4 Å². The minimum absolute atomic E-state index is 0. The van der Waals surface area contributed by atoms with Crippen molar-refractivity contribution in [2.24, 2.45) is 0 Å². The number of unbranched alkanes of at least 4 members (excludes halogenated alkanes) is 6. The first-order valence-corrected chi connectivity index (χ1v) is 27.0. The molecule has 0 atom stereocenters. The fourth-order valence-electron chi connectivity index (χ4n) is 9.79. The summed E-state index contributed by atoms with van der Waals surface area (Å²) < 4.78 is 9.12. The molecule has 2 aromatic heterocycles. The highest BCUT2D eigenvalue weighted by Gasteiger charge is 2.23. The second kappa shape index (κ2) is 29.4. The lowest BCUT2D eigenvalue weighted by molar-refractivity contribution is 0.125. The molecule has 2 saturated heterocycles. The summed E-state index contributed by atoms with van der Waals surface area (Å²) in [5.41, 5.74) is 5.12. The van der Waals surface area contributed by atoms with Crippen LogP contribution in [0, 0.1) is 0 Å². The van der Waals surface area contributed by atoms with Crippen molar-refractivity contribution in [3.63, 3.8) is 0 Å². The Morgan fingerprint density at radius 1 is 0.520 bits per heavy atom. The van der Waals surface area contributed by atoms with Gasteiger partial charge in [-0.2, -0.15) is 10.2 Å². The number of halogens is 1. The molecule has 16 nitrogen and oxygen atoms in total. The third-order valence-corrected chi connectivity index (χ3v) is 14.1. The summed E-state index contributed by atoms with van der Waals surface area (Å²) >= 11 is 0. The number of piperazine rings is 2. The number of phenols is 4. The first kappa shape index (κ1) is 58.4. The largest absolute Gasteiger partial charge is 0.508 e. The molecule has 8 rings (SSSR count). The molecule has 4 heterocycles. The molecule has 4 aromatic carbocycles. The van der Waals surface area contributed by atoms with Crippen molar-refractivity contribution in [1.29, 1.82) is 0 Å². The number of hydrogen-bond donors (Lipinski definition) is 6. The van der Waals surface area contributed by atoms with E-state index in [9.17, 15) is 30.0 Å². The van der Waals surface area contributed by atoms with Gasteiger partial charge in [0.25, 0.3) is 0 Å². The maximum Gasteiger partial charge on any atom is 0.348 e. The van der Waals surface area contributed by atoms with Crippen molar-refractivity contribution in [2.45, 2.75) is 132 Å². The van der Waals surface area contributed by atoms with Gasteiger partial charge in [0.05, 0.1) is 22.5 Å². The smallest absolute Gasteiger partial charge is 0.348 e. The van der Waals surface area contributed by atoms with Gasteiger partial charge in [-0.25, -0.2) is 28.9 Å². The molecule has 2 aliphatic rings. The van der Waals surface area contributed by atoms with Gasteiger partial charge in [0.1, 0.15) is 23.0 Å². The quantitative estimate of drug-likeness (QED) is 0.0397. The van der Waals surface area contributed by atoms with E-state index in [2.05, 4.69) is 53.8 Å². The highest BCUT2D eigenvalue weighted by atomic mass is 35.5. The van der Waals surface area contributed by atoms with Crippen LogP contribution in [0.5, 0.6) is 23.0 Å². The van der Waals surface area contributed by atoms with Crippen molar-refractivity contribution < 1.29 is 21.8 Å². The van der Waals surface area contributed by atoms with Crippen LogP contribution in [0.25, 0.3) is 34.2 Å². The van der Waals surface area contributed by atoms with E-state index in [-0.39, 0.29) is 58.6 Å².